The number of aryl methyl sites for hydroxylation is 2. The number of likely N-dealkylation sites (N-methyl/N-ethyl adjacent to an activating group) is 1. The summed E-state index contributed by atoms with van der Waals surface area (Å²) in [4.78, 5) is 27.9. The van der Waals surface area contributed by atoms with E-state index in [-0.39, 0.29) is 31.5 Å². The molecule has 0 aromatic heterocycles. The van der Waals surface area contributed by atoms with E-state index in [0.717, 1.165) is 29.9 Å². The lowest BCUT2D eigenvalue weighted by Crippen LogP contribution is -2.60. The van der Waals surface area contributed by atoms with Crippen LogP contribution in [-0.2, 0) is 30.2 Å². The average Bonchev–Trinajstić information content (AvgIpc) is 3.78. The number of ether oxygens (including phenoxy) is 9. The zero-order valence-corrected chi connectivity index (χ0v) is 38.5. The molecule has 3 aromatic rings. The molecule has 0 unspecified atom stereocenters. The first-order chi connectivity index (χ1) is 32.1. The molecule has 5 heterocycles. The predicted molar refractivity (Wildman–Crippen MR) is 239 cm³/mol. The number of aliphatic hydroxyl groups is 6. The molecule has 0 spiro atoms. The van der Waals surface area contributed by atoms with Crippen molar-refractivity contribution in [2.75, 3.05) is 65.6 Å². The number of carbonyl (C=O) groups is 2. The van der Waals surface area contributed by atoms with E-state index < -0.39 is 80.0 Å². The van der Waals surface area contributed by atoms with Gasteiger partial charge >= 0.3 is 0 Å². The second kappa shape index (κ2) is 21.6. The Kier molecular flexibility index (Phi) is 16.1. The van der Waals surface area contributed by atoms with E-state index >= 15 is 0 Å². The van der Waals surface area contributed by atoms with Crippen molar-refractivity contribution in [3.05, 3.63) is 82.4 Å². The maximum absolute atomic E-state index is 13.9. The predicted octanol–water partition coefficient (Wildman–Crippen LogP) is 1.55. The van der Waals surface area contributed by atoms with Crippen LogP contribution in [0.2, 0.25) is 0 Å². The van der Waals surface area contributed by atoms with E-state index in [1.54, 1.807) is 24.3 Å². The molecule has 19 nitrogen and oxygen atoms in total. The van der Waals surface area contributed by atoms with Gasteiger partial charge in [0, 0.05) is 29.3 Å². The second-order valence-electron chi connectivity index (χ2n) is 17.1. The van der Waals surface area contributed by atoms with Crippen LogP contribution >= 0.6 is 0 Å². The number of anilines is 1. The number of methoxy groups -OCH3 is 2. The molecule has 19 heteroatoms. The molecule has 67 heavy (non-hydrogen) atoms. The largest absolute Gasteiger partial charge is 0.493 e. The molecule has 366 valence electrons. The highest BCUT2D eigenvalue weighted by Crippen LogP contribution is 2.50. The summed E-state index contributed by atoms with van der Waals surface area (Å²) in [6.07, 6.45) is -14.1. The third-order valence-electron chi connectivity index (χ3n) is 12.8. The summed E-state index contributed by atoms with van der Waals surface area (Å²) in [5.74, 6) is 1.73. The van der Waals surface area contributed by atoms with E-state index in [9.17, 15) is 40.2 Å². The zero-order chi connectivity index (χ0) is 48.3. The first-order valence-corrected chi connectivity index (χ1v) is 22.4. The number of hydrogen-bond acceptors (Lipinski definition) is 18. The van der Waals surface area contributed by atoms with E-state index in [4.69, 9.17) is 42.6 Å². The number of amides is 1. The molecule has 8 rings (SSSR count). The lowest BCUT2D eigenvalue weighted by atomic mass is 9.81. The fraction of sp³-hybridized carbons (Fsp3) is 0.542. The normalized spacial score (nSPS) is 29.4. The first kappa shape index (κ1) is 50.0. The van der Waals surface area contributed by atoms with Gasteiger partial charge in [0.05, 0.1) is 52.1 Å². The van der Waals surface area contributed by atoms with Gasteiger partial charge in [-0.25, -0.2) is 0 Å². The molecular weight excluding hydrogens is 877 g/mol. The van der Waals surface area contributed by atoms with E-state index in [2.05, 4.69) is 30.6 Å². The third-order valence-corrected chi connectivity index (χ3v) is 12.8. The Bertz CT molecular complexity index is 2230. The summed E-state index contributed by atoms with van der Waals surface area (Å²) in [6.45, 7) is 13.8. The van der Waals surface area contributed by atoms with Crippen LogP contribution in [0.5, 0.6) is 28.7 Å². The number of fused-ring (bicyclic) bond motifs is 6. The van der Waals surface area contributed by atoms with Gasteiger partial charge in [0.25, 0.3) is 0 Å². The molecule has 2 saturated heterocycles. The molecule has 5 aliphatic heterocycles. The van der Waals surface area contributed by atoms with Crippen molar-refractivity contribution < 1.29 is 82.9 Å². The maximum Gasteiger partial charge on any atom is 0.238 e. The molecule has 1 amide bonds. The van der Waals surface area contributed by atoms with Crippen LogP contribution in [0.15, 0.2) is 54.6 Å². The van der Waals surface area contributed by atoms with Crippen LogP contribution in [-0.4, -0.2) is 175 Å². The van der Waals surface area contributed by atoms with E-state index in [1.165, 1.54) is 14.2 Å². The van der Waals surface area contributed by atoms with Gasteiger partial charge in [-0.15, -0.1) is 0 Å². The van der Waals surface area contributed by atoms with E-state index in [1.807, 2.05) is 32.0 Å². The first-order valence-electron chi connectivity index (χ1n) is 22.4. The molecular formula is C48H62N2O17. The number of Topliss-reactive ketones (excluding diaryl/α,β-unsaturated/α-hetero) is 1. The van der Waals surface area contributed by atoms with Gasteiger partial charge in [0.1, 0.15) is 78.8 Å². The van der Waals surface area contributed by atoms with Crippen LogP contribution < -0.4 is 29.0 Å². The quantitative estimate of drug-likeness (QED) is 0.113. The number of para-hydroxylation sites is 1. The van der Waals surface area contributed by atoms with Crippen LogP contribution in [0, 0.1) is 13.8 Å². The summed E-state index contributed by atoms with van der Waals surface area (Å²) < 4.78 is 51.5. The van der Waals surface area contributed by atoms with Crippen molar-refractivity contribution in [1.82, 2.24) is 4.90 Å². The number of hydrogen-bond donors (Lipinski definition) is 7. The molecule has 7 N–H and O–H groups in total. The number of ketones is 1. The smallest absolute Gasteiger partial charge is 0.238 e. The van der Waals surface area contributed by atoms with Crippen molar-refractivity contribution in [2.45, 2.75) is 108 Å². The highest BCUT2D eigenvalue weighted by atomic mass is 16.7. The summed E-state index contributed by atoms with van der Waals surface area (Å²) in [6, 6.07) is 12.9. The van der Waals surface area contributed by atoms with Crippen molar-refractivity contribution >= 4 is 17.4 Å². The van der Waals surface area contributed by atoms with Gasteiger partial charge in [-0.1, -0.05) is 38.6 Å². The highest BCUT2D eigenvalue weighted by molar-refractivity contribution is 6.06. The Morgan fingerprint density at radius 3 is 2.21 bits per heavy atom. The van der Waals surface area contributed by atoms with Crippen LogP contribution in [0.25, 0.3) is 0 Å². The van der Waals surface area contributed by atoms with Gasteiger partial charge < -0.3 is 78.6 Å². The summed E-state index contributed by atoms with van der Waals surface area (Å²) >= 11 is 0. The number of carbonyl (C=O) groups excluding carboxylic acids is 2. The van der Waals surface area contributed by atoms with Crippen LogP contribution in [0.4, 0.5) is 5.69 Å². The monoisotopic (exact) mass is 938 g/mol. The minimum Gasteiger partial charge on any atom is -0.493 e. The standard InChI is InChI=1S/C34H40O16.C14H22N2O/c1-13(9-45-34-31(41)29(39)28(38)24(50-34)12-47-33-30(40)27(37)17(35)10-46-33)19-7-16-18(48-19)5-4-14-26(36)25-15-6-21(42-2)22(43-3)8-20(15)44-11-23(25)49-32(14)16;1-5-16(6-2)10-13(17)15-14-11(3)8-7-9-12(14)4/h4-6,8,17,19,23-25,27-31,33-35,37-41H,1,7,9-12H2,2-3H3;7-9H,5-6,10H2,1-4H3,(H,15,17)/t17-,19+,23+,24+,25-,27-,28+,29-,30+,31+,33-,34+;/m0./s1. The number of nitrogens with zero attached hydrogens (tertiary/aromatic N) is 1. The Morgan fingerprint density at radius 2 is 1.52 bits per heavy atom. The third kappa shape index (κ3) is 10.6. The van der Waals surface area contributed by atoms with Crippen LogP contribution in [0.1, 0.15) is 52.4 Å². The zero-order valence-electron chi connectivity index (χ0n) is 38.5. The SMILES string of the molecule is C=C(CO[C@@H]1O[C@H](CO[C@@H]2OC[C@H](O)[C@H](O)[C@H]2O)[C@@H](O)[C@H](O)[C@H]1O)[C@H]1Cc2c(ccc3c2O[C@@H]2COc4cc(OC)c(OC)cc4[C@@H]2C3=O)O1.CCN(CC)CC(=O)Nc1c(C)cccc1C. The van der Waals surface area contributed by atoms with Gasteiger partial charge in [0.15, 0.2) is 29.9 Å². The fourth-order valence-corrected chi connectivity index (χ4v) is 8.72. The van der Waals surface area contributed by atoms with Crippen molar-refractivity contribution in [3.8, 4) is 28.7 Å². The number of rotatable bonds is 14. The highest BCUT2D eigenvalue weighted by Gasteiger charge is 2.48. The Hall–Kier alpha value is -4.90. The minimum absolute atomic E-state index is 0.0612. The van der Waals surface area contributed by atoms with Gasteiger partial charge in [-0.05, 0) is 61.8 Å². The Morgan fingerprint density at radius 1 is 0.836 bits per heavy atom. The minimum atomic E-state index is -1.67. The number of nitrogens with one attached hydrogen (secondary N) is 1. The Labute approximate surface area is 388 Å². The topological polar surface area (TPSA) is 254 Å². The van der Waals surface area contributed by atoms with Crippen LogP contribution in [0.3, 0.4) is 0 Å². The molecule has 0 bridgehead atoms. The molecule has 0 radical (unpaired) electrons. The molecule has 0 aliphatic carbocycles. The molecule has 0 saturated carbocycles. The lowest BCUT2D eigenvalue weighted by Gasteiger charge is -2.41. The van der Waals surface area contributed by atoms with E-state index in [0.29, 0.717) is 64.0 Å². The molecule has 3 aromatic carbocycles. The summed E-state index contributed by atoms with van der Waals surface area (Å²) in [5.41, 5.74) is 5.37. The van der Waals surface area contributed by atoms with Gasteiger partial charge in [-0.3, -0.25) is 14.5 Å². The number of aliphatic hydroxyl groups excluding tert-OH is 6. The Balaban J connectivity index is 0.000000332. The van der Waals surface area contributed by atoms with Crippen molar-refractivity contribution in [1.29, 1.82) is 0 Å². The summed E-state index contributed by atoms with van der Waals surface area (Å²) in [5, 5.41) is 64.2. The van der Waals surface area contributed by atoms with Gasteiger partial charge in [0.2, 0.25) is 5.91 Å². The molecule has 2 fully saturated rings. The summed E-state index contributed by atoms with van der Waals surface area (Å²) in [7, 11) is 3.04. The molecule has 12 atom stereocenters. The fourth-order valence-electron chi connectivity index (χ4n) is 8.72. The molecule has 5 aliphatic rings. The van der Waals surface area contributed by atoms with Gasteiger partial charge in [-0.2, -0.15) is 0 Å². The number of benzene rings is 3. The van der Waals surface area contributed by atoms with Crippen molar-refractivity contribution in [2.24, 2.45) is 0 Å². The lowest BCUT2D eigenvalue weighted by molar-refractivity contribution is -0.319. The average molecular weight is 939 g/mol. The second-order valence-corrected chi connectivity index (χ2v) is 17.1. The maximum atomic E-state index is 13.9. The van der Waals surface area contributed by atoms with Crippen molar-refractivity contribution in [3.63, 3.8) is 0 Å².